The van der Waals surface area contributed by atoms with Crippen LogP contribution in [0, 0.1) is 13.8 Å². The maximum atomic E-state index is 11.4. The normalized spacial score (nSPS) is 10.9. The largest absolute Gasteiger partial charge is 0.465 e. The van der Waals surface area contributed by atoms with Crippen molar-refractivity contribution in [1.29, 1.82) is 0 Å². The monoisotopic (exact) mass is 310 g/mol. The topological polar surface area (TPSA) is 44.1 Å². The molecule has 1 aromatic carbocycles. The molecule has 0 amide bonds. The molecule has 0 bridgehead atoms. The highest BCUT2D eigenvalue weighted by Crippen LogP contribution is 2.27. The Labute approximate surface area is 114 Å². The van der Waals surface area contributed by atoms with Crippen molar-refractivity contribution in [2.75, 3.05) is 6.61 Å². The molecule has 5 heteroatoms. The van der Waals surface area contributed by atoms with E-state index in [1.807, 2.05) is 20.0 Å². The van der Waals surface area contributed by atoms with Gasteiger partial charge in [-0.25, -0.2) is 0 Å². The van der Waals surface area contributed by atoms with E-state index in [-0.39, 0.29) is 12.5 Å². The van der Waals surface area contributed by atoms with E-state index in [9.17, 15) is 4.79 Å². The fraction of sp³-hybridized carbons (Fsp3) is 0.385. The summed E-state index contributed by atoms with van der Waals surface area (Å²) in [6.07, 6.45) is 1.89. The Morgan fingerprint density at radius 2 is 2.22 bits per heavy atom. The molecule has 0 fully saturated rings. The maximum absolute atomic E-state index is 11.4. The Kier molecular flexibility index (Phi) is 3.71. The SMILES string of the molecule is CCOC(=O)Cn1cc2c(C)cc(Br)c(C)c2n1. The first kappa shape index (κ1) is 13.1. The van der Waals surface area contributed by atoms with Crippen molar-refractivity contribution < 1.29 is 9.53 Å². The molecule has 0 aliphatic carbocycles. The van der Waals surface area contributed by atoms with Crippen molar-refractivity contribution in [2.45, 2.75) is 27.3 Å². The van der Waals surface area contributed by atoms with Crippen LogP contribution in [0.4, 0.5) is 0 Å². The number of halogens is 1. The first-order valence-electron chi connectivity index (χ1n) is 5.81. The number of nitrogens with zero attached hydrogens (tertiary/aromatic N) is 2. The van der Waals surface area contributed by atoms with Crippen LogP contribution >= 0.6 is 15.9 Å². The maximum Gasteiger partial charge on any atom is 0.327 e. The van der Waals surface area contributed by atoms with Crippen molar-refractivity contribution in [3.8, 4) is 0 Å². The van der Waals surface area contributed by atoms with E-state index in [2.05, 4.69) is 27.1 Å². The van der Waals surface area contributed by atoms with Crippen molar-refractivity contribution in [2.24, 2.45) is 0 Å². The van der Waals surface area contributed by atoms with Crippen LogP contribution in [0.25, 0.3) is 10.9 Å². The van der Waals surface area contributed by atoms with E-state index < -0.39 is 0 Å². The average molecular weight is 311 g/mol. The molecule has 0 radical (unpaired) electrons. The summed E-state index contributed by atoms with van der Waals surface area (Å²) >= 11 is 3.51. The predicted molar refractivity (Wildman–Crippen MR) is 73.5 cm³/mol. The lowest BCUT2D eigenvalue weighted by Crippen LogP contribution is -2.13. The summed E-state index contributed by atoms with van der Waals surface area (Å²) in [4.78, 5) is 11.4. The molecule has 0 N–H and O–H groups in total. The molecule has 0 spiro atoms. The molecule has 18 heavy (non-hydrogen) atoms. The van der Waals surface area contributed by atoms with Gasteiger partial charge in [-0.15, -0.1) is 0 Å². The molecule has 96 valence electrons. The number of ether oxygens (including phenoxy) is 1. The molecular weight excluding hydrogens is 296 g/mol. The summed E-state index contributed by atoms with van der Waals surface area (Å²) in [5.74, 6) is -0.264. The number of rotatable bonds is 3. The Morgan fingerprint density at radius 1 is 1.50 bits per heavy atom. The van der Waals surface area contributed by atoms with Crippen LogP contribution in [0.1, 0.15) is 18.1 Å². The second-order valence-electron chi connectivity index (χ2n) is 4.19. The summed E-state index contributed by atoms with van der Waals surface area (Å²) < 4.78 is 7.59. The van der Waals surface area contributed by atoms with E-state index in [0.29, 0.717) is 6.61 Å². The van der Waals surface area contributed by atoms with Gasteiger partial charge in [0.05, 0.1) is 12.1 Å². The number of fused-ring (bicyclic) bond motifs is 1. The van der Waals surface area contributed by atoms with Gasteiger partial charge in [0, 0.05) is 16.1 Å². The lowest BCUT2D eigenvalue weighted by molar-refractivity contribution is -0.144. The molecule has 0 aliphatic heterocycles. The van der Waals surface area contributed by atoms with Crippen LogP contribution in [-0.4, -0.2) is 22.4 Å². The van der Waals surface area contributed by atoms with Gasteiger partial charge in [-0.1, -0.05) is 15.9 Å². The minimum absolute atomic E-state index is 0.152. The zero-order chi connectivity index (χ0) is 13.3. The van der Waals surface area contributed by atoms with Crippen LogP contribution in [0.3, 0.4) is 0 Å². The number of hydrogen-bond donors (Lipinski definition) is 0. The fourth-order valence-corrected chi connectivity index (χ4v) is 2.43. The standard InChI is InChI=1S/C13H15BrN2O2/c1-4-18-12(17)7-16-6-10-8(2)5-11(14)9(3)13(10)15-16/h5-6H,4,7H2,1-3H3. The molecule has 2 rings (SSSR count). The smallest absolute Gasteiger partial charge is 0.327 e. The van der Waals surface area contributed by atoms with E-state index in [1.54, 1.807) is 11.6 Å². The molecule has 1 heterocycles. The predicted octanol–water partition coefficient (Wildman–Crippen LogP) is 2.98. The number of hydrogen-bond acceptors (Lipinski definition) is 3. The van der Waals surface area contributed by atoms with Crippen molar-refractivity contribution in [3.63, 3.8) is 0 Å². The molecule has 1 aromatic heterocycles. The molecule has 0 saturated carbocycles. The zero-order valence-corrected chi connectivity index (χ0v) is 12.2. The summed E-state index contributed by atoms with van der Waals surface area (Å²) in [6.45, 7) is 6.38. The Bertz CT molecular complexity index is 605. The Hall–Kier alpha value is -1.36. The fourth-order valence-electron chi connectivity index (χ4n) is 1.90. The van der Waals surface area contributed by atoms with Crippen LogP contribution < -0.4 is 0 Å². The lowest BCUT2D eigenvalue weighted by Gasteiger charge is -2.01. The molecular formula is C13H15BrN2O2. The second-order valence-corrected chi connectivity index (χ2v) is 5.05. The van der Waals surface area contributed by atoms with Gasteiger partial charge in [-0.3, -0.25) is 9.48 Å². The summed E-state index contributed by atoms with van der Waals surface area (Å²) in [5, 5.41) is 5.51. The third kappa shape index (κ3) is 2.41. The molecule has 0 unspecified atom stereocenters. The number of carbonyl (C=O) groups excluding carboxylic acids is 1. The van der Waals surface area contributed by atoms with E-state index in [0.717, 1.165) is 26.5 Å². The Balaban J connectivity index is 2.41. The summed E-state index contributed by atoms with van der Waals surface area (Å²) in [6, 6.07) is 2.06. The van der Waals surface area contributed by atoms with E-state index in [4.69, 9.17) is 4.74 Å². The zero-order valence-electron chi connectivity index (χ0n) is 10.7. The van der Waals surface area contributed by atoms with Crippen molar-refractivity contribution in [3.05, 3.63) is 27.9 Å². The van der Waals surface area contributed by atoms with Crippen molar-refractivity contribution >= 4 is 32.8 Å². The first-order chi connectivity index (χ1) is 8.52. The molecule has 2 aromatic rings. The first-order valence-corrected chi connectivity index (χ1v) is 6.60. The van der Waals surface area contributed by atoms with Crippen LogP contribution in [0.2, 0.25) is 0 Å². The van der Waals surface area contributed by atoms with Gasteiger partial charge in [0.15, 0.2) is 0 Å². The molecule has 0 saturated heterocycles. The van der Waals surface area contributed by atoms with Gasteiger partial charge in [0.2, 0.25) is 0 Å². The van der Waals surface area contributed by atoms with Crippen molar-refractivity contribution in [1.82, 2.24) is 9.78 Å². The molecule has 4 nitrogen and oxygen atoms in total. The highest BCUT2D eigenvalue weighted by molar-refractivity contribution is 9.10. The minimum atomic E-state index is -0.264. The van der Waals surface area contributed by atoms with E-state index >= 15 is 0 Å². The minimum Gasteiger partial charge on any atom is -0.465 e. The third-order valence-electron chi connectivity index (χ3n) is 2.84. The van der Waals surface area contributed by atoms with Crippen LogP contribution in [0.5, 0.6) is 0 Å². The van der Waals surface area contributed by atoms with Gasteiger partial charge in [0.1, 0.15) is 6.54 Å². The second kappa shape index (κ2) is 5.10. The Morgan fingerprint density at radius 3 is 2.89 bits per heavy atom. The average Bonchev–Trinajstić information content (AvgIpc) is 2.71. The van der Waals surface area contributed by atoms with Gasteiger partial charge in [-0.2, -0.15) is 5.10 Å². The number of aromatic nitrogens is 2. The lowest BCUT2D eigenvalue weighted by atomic mass is 10.1. The number of carbonyl (C=O) groups is 1. The van der Waals surface area contributed by atoms with E-state index in [1.165, 1.54) is 0 Å². The van der Waals surface area contributed by atoms with Crippen LogP contribution in [0.15, 0.2) is 16.7 Å². The number of aryl methyl sites for hydroxylation is 2. The van der Waals surface area contributed by atoms with Crippen LogP contribution in [-0.2, 0) is 16.1 Å². The van der Waals surface area contributed by atoms with Gasteiger partial charge in [0.25, 0.3) is 0 Å². The summed E-state index contributed by atoms with van der Waals surface area (Å²) in [5.41, 5.74) is 3.14. The number of esters is 1. The quantitative estimate of drug-likeness (QED) is 0.819. The highest BCUT2D eigenvalue weighted by atomic mass is 79.9. The van der Waals surface area contributed by atoms with Gasteiger partial charge < -0.3 is 4.74 Å². The third-order valence-corrected chi connectivity index (χ3v) is 3.66. The molecule has 0 aliphatic rings. The van der Waals surface area contributed by atoms with Gasteiger partial charge >= 0.3 is 5.97 Å². The highest BCUT2D eigenvalue weighted by Gasteiger charge is 2.11. The number of benzene rings is 1. The summed E-state index contributed by atoms with van der Waals surface area (Å²) in [7, 11) is 0. The molecule has 0 atom stereocenters. The van der Waals surface area contributed by atoms with Gasteiger partial charge in [-0.05, 0) is 38.0 Å².